The van der Waals surface area contributed by atoms with E-state index in [-0.39, 0.29) is 0 Å². The molecule has 0 unspecified atom stereocenters. The summed E-state index contributed by atoms with van der Waals surface area (Å²) in [5.74, 6) is 5.45. The maximum absolute atomic E-state index is 11.5. The monoisotopic (exact) mass is 754 g/mol. The topological polar surface area (TPSA) is 150 Å². The smallest absolute Gasteiger partial charge is 0.163 e. The van der Waals surface area contributed by atoms with E-state index in [0.717, 1.165) is 60.3 Å². The number of benzene rings is 5. The molecule has 12 heteroatoms. The van der Waals surface area contributed by atoms with Crippen LogP contribution in [0.4, 0.5) is 0 Å². The summed E-state index contributed by atoms with van der Waals surface area (Å²) in [6.07, 6.45) is 0. The number of aryl methyl sites for hydroxylation is 6. The predicted molar refractivity (Wildman–Crippen MR) is 225 cm³/mol. The SMILES string of the molecule is Cc1nc(C)nc(-c2cc(-n3c4ccccc4c4ccc(-c5nc(C)nc(C)n5)cc43)c(C#N)c(-n3c4ccccc4c4ccc(-c5nc(C)nc(C)n5)cc43)c2)n1. The molecule has 0 aliphatic rings. The molecule has 0 N–H and O–H groups in total. The number of nitriles is 1. The van der Waals surface area contributed by atoms with Crippen molar-refractivity contribution < 1.29 is 0 Å². The minimum absolute atomic E-state index is 0.464. The molecule has 10 aromatic rings. The first kappa shape index (κ1) is 34.7. The first-order valence-electron chi connectivity index (χ1n) is 18.9. The number of aromatic nitrogens is 11. The fourth-order valence-electron chi connectivity index (χ4n) is 8.18. The van der Waals surface area contributed by atoms with E-state index < -0.39 is 0 Å². The third-order valence-corrected chi connectivity index (χ3v) is 10.4. The van der Waals surface area contributed by atoms with Gasteiger partial charge < -0.3 is 9.13 Å². The van der Waals surface area contributed by atoms with Crippen molar-refractivity contribution in [3.63, 3.8) is 0 Å². The molecule has 0 aliphatic heterocycles. The second kappa shape index (κ2) is 13.2. The maximum atomic E-state index is 11.5. The van der Waals surface area contributed by atoms with Crippen LogP contribution in [-0.2, 0) is 0 Å². The van der Waals surface area contributed by atoms with E-state index in [1.54, 1.807) is 0 Å². The van der Waals surface area contributed by atoms with Gasteiger partial charge in [0.2, 0.25) is 0 Å². The van der Waals surface area contributed by atoms with Gasteiger partial charge in [0.25, 0.3) is 0 Å². The molecule has 278 valence electrons. The van der Waals surface area contributed by atoms with Gasteiger partial charge in [0.15, 0.2) is 17.5 Å². The molecule has 5 aromatic carbocycles. The summed E-state index contributed by atoms with van der Waals surface area (Å²) >= 11 is 0. The number of nitrogens with zero attached hydrogens (tertiary/aromatic N) is 12. The predicted octanol–water partition coefficient (Wildman–Crippen LogP) is 9.16. The third kappa shape index (κ3) is 5.63. The third-order valence-electron chi connectivity index (χ3n) is 10.4. The lowest BCUT2D eigenvalue weighted by Crippen LogP contribution is -2.07. The summed E-state index contributed by atoms with van der Waals surface area (Å²) in [7, 11) is 0. The van der Waals surface area contributed by atoms with Crippen molar-refractivity contribution in [1.82, 2.24) is 54.0 Å². The molecule has 0 amide bonds. The van der Waals surface area contributed by atoms with E-state index in [1.807, 2.05) is 90.1 Å². The van der Waals surface area contributed by atoms with E-state index in [2.05, 4.69) is 78.7 Å². The zero-order valence-electron chi connectivity index (χ0n) is 32.6. The molecule has 10 rings (SSSR count). The number of hydrogen-bond acceptors (Lipinski definition) is 10. The van der Waals surface area contributed by atoms with Crippen molar-refractivity contribution in [1.29, 1.82) is 5.26 Å². The molecule has 0 saturated carbocycles. The molecule has 5 aromatic heterocycles. The van der Waals surface area contributed by atoms with E-state index in [0.29, 0.717) is 69.4 Å². The Balaban J connectivity index is 1.34. The van der Waals surface area contributed by atoms with Crippen LogP contribution in [0.1, 0.15) is 40.5 Å². The van der Waals surface area contributed by atoms with E-state index >= 15 is 0 Å². The molecular weight excluding hydrogens is 721 g/mol. The van der Waals surface area contributed by atoms with Crippen LogP contribution < -0.4 is 0 Å². The molecule has 0 atom stereocenters. The fourth-order valence-corrected chi connectivity index (χ4v) is 8.18. The van der Waals surface area contributed by atoms with Crippen LogP contribution in [0.15, 0.2) is 97.1 Å². The van der Waals surface area contributed by atoms with Crippen LogP contribution in [0.2, 0.25) is 0 Å². The second-order valence-electron chi connectivity index (χ2n) is 14.4. The van der Waals surface area contributed by atoms with Crippen molar-refractivity contribution in [2.45, 2.75) is 41.5 Å². The highest BCUT2D eigenvalue weighted by atomic mass is 15.1. The molecule has 12 nitrogen and oxygen atoms in total. The van der Waals surface area contributed by atoms with Crippen molar-refractivity contribution in [2.75, 3.05) is 0 Å². The van der Waals surface area contributed by atoms with Crippen molar-refractivity contribution in [2.24, 2.45) is 0 Å². The van der Waals surface area contributed by atoms with Gasteiger partial charge in [-0.3, -0.25) is 0 Å². The number of hydrogen-bond donors (Lipinski definition) is 0. The first-order chi connectivity index (χ1) is 28.1. The second-order valence-corrected chi connectivity index (χ2v) is 14.4. The summed E-state index contributed by atoms with van der Waals surface area (Å²) in [5.41, 5.74) is 7.86. The highest BCUT2D eigenvalue weighted by Gasteiger charge is 2.24. The zero-order chi connectivity index (χ0) is 39.8. The Morgan fingerprint density at radius 1 is 0.379 bits per heavy atom. The Morgan fingerprint density at radius 2 is 0.724 bits per heavy atom. The lowest BCUT2D eigenvalue weighted by atomic mass is 10.0. The van der Waals surface area contributed by atoms with Gasteiger partial charge >= 0.3 is 0 Å². The zero-order valence-corrected chi connectivity index (χ0v) is 32.6. The number of rotatable bonds is 5. The molecular formula is C46H34N12. The Morgan fingerprint density at radius 3 is 1.10 bits per heavy atom. The highest BCUT2D eigenvalue weighted by molar-refractivity contribution is 6.12. The van der Waals surface area contributed by atoms with Gasteiger partial charge in [0.05, 0.1) is 33.4 Å². The van der Waals surface area contributed by atoms with Crippen molar-refractivity contribution in [3.8, 4) is 51.6 Å². The maximum Gasteiger partial charge on any atom is 0.163 e. The Hall–Kier alpha value is -7.78. The standard InChI is InChI=1S/C46H34N12/c1-24-48-25(2)52-44(51-24)30-15-17-35-33-11-7-9-13-38(33)57(40(35)19-30)42-21-32(46-55-28(5)50-29(6)56-46)22-43(37(42)23-47)58-39-14-10-8-12-34(39)36-18-16-31(20-41(36)58)45-53-26(3)49-27(4)54-45/h7-22H,1-6H3. The van der Waals surface area contributed by atoms with Gasteiger partial charge in [-0.2, -0.15) is 5.26 Å². The Bertz CT molecular complexity index is 3140. The van der Waals surface area contributed by atoms with Crippen molar-refractivity contribution in [3.05, 3.63) is 138 Å². The molecule has 58 heavy (non-hydrogen) atoms. The van der Waals surface area contributed by atoms with Crippen LogP contribution >= 0.6 is 0 Å². The van der Waals surface area contributed by atoms with Crippen LogP contribution in [-0.4, -0.2) is 54.0 Å². The van der Waals surface area contributed by atoms with Gasteiger partial charge in [0.1, 0.15) is 46.6 Å². The van der Waals surface area contributed by atoms with Crippen LogP contribution in [0.5, 0.6) is 0 Å². The molecule has 0 spiro atoms. The summed E-state index contributed by atoms with van der Waals surface area (Å²) in [5, 5.41) is 15.6. The van der Waals surface area contributed by atoms with Crippen molar-refractivity contribution >= 4 is 43.6 Å². The Kier molecular flexibility index (Phi) is 7.88. The van der Waals surface area contributed by atoms with Crippen LogP contribution in [0.3, 0.4) is 0 Å². The van der Waals surface area contributed by atoms with Crippen LogP contribution in [0, 0.1) is 52.9 Å². The normalized spacial score (nSPS) is 11.6. The molecule has 0 radical (unpaired) electrons. The van der Waals surface area contributed by atoms with Gasteiger partial charge in [-0.15, -0.1) is 0 Å². The molecule has 5 heterocycles. The lowest BCUT2D eigenvalue weighted by molar-refractivity contribution is 0.927. The molecule has 0 aliphatic carbocycles. The van der Waals surface area contributed by atoms with Crippen LogP contribution in [0.25, 0.3) is 89.2 Å². The van der Waals surface area contributed by atoms with E-state index in [4.69, 9.17) is 29.9 Å². The van der Waals surface area contributed by atoms with E-state index in [9.17, 15) is 5.26 Å². The van der Waals surface area contributed by atoms with Gasteiger partial charge in [-0.1, -0.05) is 60.7 Å². The quantitative estimate of drug-likeness (QED) is 0.166. The number of fused-ring (bicyclic) bond motifs is 6. The Labute approximate surface area is 332 Å². The van der Waals surface area contributed by atoms with E-state index in [1.165, 1.54) is 0 Å². The van der Waals surface area contributed by atoms with Gasteiger partial charge in [0, 0.05) is 38.2 Å². The molecule has 0 bridgehead atoms. The number of para-hydroxylation sites is 2. The summed E-state index contributed by atoms with van der Waals surface area (Å²) in [6, 6.07) is 35.7. The summed E-state index contributed by atoms with van der Waals surface area (Å²) in [4.78, 5) is 41.7. The first-order valence-corrected chi connectivity index (χ1v) is 18.9. The summed E-state index contributed by atoms with van der Waals surface area (Å²) in [6.45, 7) is 11.2. The fraction of sp³-hybridized carbons (Fsp3) is 0.130. The minimum atomic E-state index is 0.464. The molecule has 0 fully saturated rings. The lowest BCUT2D eigenvalue weighted by Gasteiger charge is -2.18. The molecule has 0 saturated heterocycles. The highest BCUT2D eigenvalue weighted by Crippen LogP contribution is 2.41. The minimum Gasteiger partial charge on any atom is -0.308 e. The van der Waals surface area contributed by atoms with Gasteiger partial charge in [-0.25, -0.2) is 44.9 Å². The average molecular weight is 755 g/mol. The van der Waals surface area contributed by atoms with Gasteiger partial charge in [-0.05, 0) is 77.9 Å². The summed E-state index contributed by atoms with van der Waals surface area (Å²) < 4.78 is 4.33. The average Bonchev–Trinajstić information content (AvgIpc) is 3.71. The largest absolute Gasteiger partial charge is 0.308 e.